The SMILES string of the molecule is OCC12CCC(Cc3ccccc3)(CC1)CC2. The highest BCUT2D eigenvalue weighted by Crippen LogP contribution is 2.57. The Bertz CT molecular complexity index is 357. The molecule has 0 amide bonds. The van der Waals surface area contributed by atoms with Crippen LogP contribution in [0.1, 0.15) is 44.1 Å². The van der Waals surface area contributed by atoms with Gasteiger partial charge in [-0.15, -0.1) is 0 Å². The second kappa shape index (κ2) is 4.13. The molecular formula is C16H22O. The Balaban J connectivity index is 1.73. The van der Waals surface area contributed by atoms with Gasteiger partial charge in [-0.05, 0) is 61.3 Å². The first-order valence-electron chi connectivity index (χ1n) is 6.91. The van der Waals surface area contributed by atoms with Gasteiger partial charge >= 0.3 is 0 Å². The van der Waals surface area contributed by atoms with Crippen LogP contribution in [0.25, 0.3) is 0 Å². The summed E-state index contributed by atoms with van der Waals surface area (Å²) in [6, 6.07) is 10.9. The van der Waals surface area contributed by atoms with Crippen molar-refractivity contribution in [1.29, 1.82) is 0 Å². The summed E-state index contributed by atoms with van der Waals surface area (Å²) in [4.78, 5) is 0. The van der Waals surface area contributed by atoms with Crippen molar-refractivity contribution in [2.24, 2.45) is 10.8 Å². The van der Waals surface area contributed by atoms with Gasteiger partial charge in [0.1, 0.15) is 0 Å². The van der Waals surface area contributed by atoms with Crippen molar-refractivity contribution in [2.75, 3.05) is 6.61 Å². The average Bonchev–Trinajstić information content (AvgIpc) is 2.42. The molecule has 1 nitrogen and oxygen atoms in total. The molecule has 3 fully saturated rings. The van der Waals surface area contributed by atoms with Gasteiger partial charge in [0.05, 0.1) is 0 Å². The summed E-state index contributed by atoms with van der Waals surface area (Å²) in [5.74, 6) is 0. The van der Waals surface area contributed by atoms with Gasteiger partial charge in [0.2, 0.25) is 0 Å². The molecule has 0 radical (unpaired) electrons. The van der Waals surface area contributed by atoms with Crippen molar-refractivity contribution in [3.05, 3.63) is 35.9 Å². The molecule has 3 aliphatic carbocycles. The molecule has 0 aliphatic heterocycles. The molecule has 3 saturated carbocycles. The molecule has 92 valence electrons. The predicted molar refractivity (Wildman–Crippen MR) is 69.8 cm³/mol. The first kappa shape index (κ1) is 11.3. The summed E-state index contributed by atoms with van der Waals surface area (Å²) in [5, 5.41) is 9.54. The zero-order chi connectivity index (χ0) is 11.8. The molecule has 0 aromatic heterocycles. The van der Waals surface area contributed by atoms with Gasteiger partial charge in [-0.3, -0.25) is 0 Å². The minimum absolute atomic E-state index is 0.304. The lowest BCUT2D eigenvalue weighted by Crippen LogP contribution is -2.44. The molecule has 0 atom stereocenters. The van der Waals surface area contributed by atoms with Crippen LogP contribution in [0.3, 0.4) is 0 Å². The Kier molecular flexibility index (Phi) is 2.74. The molecule has 1 aromatic rings. The van der Waals surface area contributed by atoms with E-state index in [1.807, 2.05) is 0 Å². The number of hydrogen-bond donors (Lipinski definition) is 1. The molecule has 0 unspecified atom stereocenters. The van der Waals surface area contributed by atoms with E-state index in [1.165, 1.54) is 50.5 Å². The lowest BCUT2D eigenvalue weighted by molar-refractivity contribution is -0.0418. The van der Waals surface area contributed by atoms with Gasteiger partial charge in [-0.25, -0.2) is 0 Å². The smallest absolute Gasteiger partial charge is 0.0487 e. The monoisotopic (exact) mass is 230 g/mol. The Morgan fingerprint density at radius 2 is 1.35 bits per heavy atom. The molecule has 17 heavy (non-hydrogen) atoms. The van der Waals surface area contributed by atoms with Crippen LogP contribution in [0, 0.1) is 10.8 Å². The van der Waals surface area contributed by atoms with Gasteiger partial charge in [0.15, 0.2) is 0 Å². The van der Waals surface area contributed by atoms with E-state index in [4.69, 9.17) is 0 Å². The van der Waals surface area contributed by atoms with Crippen molar-refractivity contribution in [3.63, 3.8) is 0 Å². The number of fused-ring (bicyclic) bond motifs is 3. The van der Waals surface area contributed by atoms with Gasteiger partial charge in [0, 0.05) is 6.61 Å². The molecule has 0 heterocycles. The van der Waals surface area contributed by atoms with Crippen LogP contribution in [0.5, 0.6) is 0 Å². The topological polar surface area (TPSA) is 20.2 Å². The molecular weight excluding hydrogens is 208 g/mol. The van der Waals surface area contributed by atoms with Crippen molar-refractivity contribution in [1.82, 2.24) is 0 Å². The molecule has 0 saturated heterocycles. The highest BCUT2D eigenvalue weighted by Gasteiger charge is 2.47. The summed E-state index contributed by atoms with van der Waals surface area (Å²) >= 11 is 0. The zero-order valence-corrected chi connectivity index (χ0v) is 10.5. The molecule has 0 spiro atoms. The first-order chi connectivity index (χ1) is 8.26. The first-order valence-corrected chi connectivity index (χ1v) is 6.91. The Morgan fingerprint density at radius 1 is 0.824 bits per heavy atom. The fraction of sp³-hybridized carbons (Fsp3) is 0.625. The van der Waals surface area contributed by atoms with E-state index in [0.717, 1.165) is 0 Å². The van der Waals surface area contributed by atoms with Crippen molar-refractivity contribution >= 4 is 0 Å². The summed E-state index contributed by atoms with van der Waals surface area (Å²) in [7, 11) is 0. The third-order valence-electron chi connectivity index (χ3n) is 5.31. The van der Waals surface area contributed by atoms with Crippen LogP contribution in [-0.4, -0.2) is 11.7 Å². The third-order valence-corrected chi connectivity index (χ3v) is 5.31. The predicted octanol–water partition coefficient (Wildman–Crippen LogP) is 3.56. The summed E-state index contributed by atoms with van der Waals surface area (Å²) in [5.41, 5.74) is 2.35. The normalized spacial score (nSPS) is 36.1. The maximum absolute atomic E-state index is 9.54. The van der Waals surface area contributed by atoms with E-state index in [0.29, 0.717) is 17.4 Å². The van der Waals surface area contributed by atoms with Gasteiger partial charge < -0.3 is 5.11 Å². The largest absolute Gasteiger partial charge is 0.396 e. The molecule has 1 N–H and O–H groups in total. The Hall–Kier alpha value is -0.820. The van der Waals surface area contributed by atoms with E-state index >= 15 is 0 Å². The second-order valence-electron chi connectivity index (χ2n) is 6.32. The van der Waals surface area contributed by atoms with Gasteiger partial charge in [-0.1, -0.05) is 30.3 Å². The van der Waals surface area contributed by atoms with E-state index in [-0.39, 0.29) is 0 Å². The zero-order valence-electron chi connectivity index (χ0n) is 10.5. The molecule has 1 aromatic carbocycles. The lowest BCUT2D eigenvalue weighted by Gasteiger charge is -2.53. The maximum atomic E-state index is 9.54. The quantitative estimate of drug-likeness (QED) is 0.841. The lowest BCUT2D eigenvalue weighted by atomic mass is 9.52. The highest BCUT2D eigenvalue weighted by atomic mass is 16.3. The van der Waals surface area contributed by atoms with Crippen LogP contribution in [0.4, 0.5) is 0 Å². The third kappa shape index (κ3) is 2.01. The Morgan fingerprint density at radius 3 is 1.88 bits per heavy atom. The molecule has 2 bridgehead atoms. The summed E-state index contributed by atoms with van der Waals surface area (Å²) in [6.07, 6.45) is 8.95. The van der Waals surface area contributed by atoms with Crippen LogP contribution >= 0.6 is 0 Å². The van der Waals surface area contributed by atoms with Crippen LogP contribution < -0.4 is 0 Å². The van der Waals surface area contributed by atoms with E-state index < -0.39 is 0 Å². The van der Waals surface area contributed by atoms with Gasteiger partial charge in [0.25, 0.3) is 0 Å². The van der Waals surface area contributed by atoms with E-state index in [1.54, 1.807) is 0 Å². The van der Waals surface area contributed by atoms with E-state index in [2.05, 4.69) is 30.3 Å². The number of aliphatic hydroxyl groups is 1. The standard InChI is InChI=1S/C16H22O/c17-13-16-9-6-15(7-10-16,8-11-16)12-14-4-2-1-3-5-14/h1-5,17H,6-13H2. The number of hydrogen-bond acceptors (Lipinski definition) is 1. The van der Waals surface area contributed by atoms with Crippen molar-refractivity contribution in [2.45, 2.75) is 44.9 Å². The number of benzene rings is 1. The fourth-order valence-electron chi connectivity index (χ4n) is 3.87. The molecule has 4 rings (SSSR count). The van der Waals surface area contributed by atoms with Crippen LogP contribution in [-0.2, 0) is 6.42 Å². The second-order valence-corrected chi connectivity index (χ2v) is 6.32. The van der Waals surface area contributed by atoms with Crippen molar-refractivity contribution in [3.8, 4) is 0 Å². The fourth-order valence-corrected chi connectivity index (χ4v) is 3.87. The van der Waals surface area contributed by atoms with E-state index in [9.17, 15) is 5.11 Å². The van der Waals surface area contributed by atoms with Crippen LogP contribution in [0.2, 0.25) is 0 Å². The minimum Gasteiger partial charge on any atom is -0.396 e. The molecule has 1 heteroatoms. The summed E-state index contributed by atoms with van der Waals surface area (Å²) < 4.78 is 0. The van der Waals surface area contributed by atoms with Crippen LogP contribution in [0.15, 0.2) is 30.3 Å². The average molecular weight is 230 g/mol. The number of rotatable bonds is 3. The maximum Gasteiger partial charge on any atom is 0.0487 e. The Labute approximate surface area is 104 Å². The minimum atomic E-state index is 0.304. The highest BCUT2D eigenvalue weighted by molar-refractivity contribution is 5.18. The number of aliphatic hydroxyl groups excluding tert-OH is 1. The van der Waals surface area contributed by atoms with Crippen molar-refractivity contribution < 1.29 is 5.11 Å². The molecule has 3 aliphatic rings. The van der Waals surface area contributed by atoms with Gasteiger partial charge in [-0.2, -0.15) is 0 Å². The summed E-state index contributed by atoms with van der Waals surface area (Å²) in [6.45, 7) is 0.411.